The van der Waals surface area contributed by atoms with Crippen LogP contribution in [0.3, 0.4) is 0 Å². The Kier molecular flexibility index (Phi) is 6.13. The van der Waals surface area contributed by atoms with Crippen LogP contribution in [0.5, 0.6) is 5.75 Å². The molecule has 0 saturated carbocycles. The van der Waals surface area contributed by atoms with E-state index in [1.807, 2.05) is 70.2 Å². The number of fused-ring (bicyclic) bond motifs is 1. The molecule has 0 aliphatic carbocycles. The molecule has 0 N–H and O–H groups in total. The molecule has 2 aromatic carbocycles. The van der Waals surface area contributed by atoms with Crippen LogP contribution in [0, 0.1) is 12.3 Å². The molecule has 33 heavy (non-hydrogen) atoms. The Morgan fingerprint density at radius 3 is 2.27 bits per heavy atom. The minimum absolute atomic E-state index is 0.0205. The average molecular weight is 460 g/mol. The number of pyridine rings is 1. The number of rotatable bonds is 6. The van der Waals surface area contributed by atoms with Gasteiger partial charge in [0.15, 0.2) is 5.78 Å². The van der Waals surface area contributed by atoms with Crippen LogP contribution in [-0.4, -0.2) is 16.0 Å². The van der Waals surface area contributed by atoms with Crippen molar-refractivity contribution in [3.8, 4) is 5.75 Å². The smallest absolute Gasteiger partial charge is 0.210 e. The molecule has 0 bridgehead atoms. The number of hydrogen-bond acceptors (Lipinski definition) is 3. The molecular weight excluding hydrogens is 434 g/mol. The van der Waals surface area contributed by atoms with Crippen molar-refractivity contribution in [1.29, 1.82) is 0 Å². The van der Waals surface area contributed by atoms with E-state index in [0.29, 0.717) is 45.3 Å². The third-order valence-electron chi connectivity index (χ3n) is 5.63. The van der Waals surface area contributed by atoms with Crippen LogP contribution in [0.25, 0.3) is 5.52 Å². The third kappa shape index (κ3) is 4.57. The monoisotopic (exact) mass is 459 g/mol. The van der Waals surface area contributed by atoms with Crippen molar-refractivity contribution < 1.29 is 14.3 Å². The second-order valence-electron chi connectivity index (χ2n) is 9.16. The van der Waals surface area contributed by atoms with Gasteiger partial charge in [0.05, 0.1) is 11.2 Å². The largest absolute Gasteiger partial charge is 0.489 e. The highest BCUT2D eigenvalue weighted by molar-refractivity contribution is 6.30. The maximum atomic E-state index is 13.5. The lowest BCUT2D eigenvalue weighted by molar-refractivity contribution is 0.0859. The Morgan fingerprint density at radius 1 is 0.970 bits per heavy atom. The van der Waals surface area contributed by atoms with E-state index in [9.17, 15) is 9.59 Å². The molecule has 168 valence electrons. The van der Waals surface area contributed by atoms with Gasteiger partial charge in [-0.1, -0.05) is 62.7 Å². The fourth-order valence-corrected chi connectivity index (χ4v) is 4.00. The first kappa shape index (κ1) is 22.8. The molecule has 0 atom stereocenters. The summed E-state index contributed by atoms with van der Waals surface area (Å²) >= 11 is 6.00. The number of ketones is 2. The molecule has 0 radical (unpaired) electrons. The molecule has 4 nitrogen and oxygen atoms in total. The van der Waals surface area contributed by atoms with Gasteiger partial charge in [0, 0.05) is 33.8 Å². The van der Waals surface area contributed by atoms with Crippen molar-refractivity contribution in [3.05, 3.63) is 106 Å². The Balaban J connectivity index is 1.83. The second-order valence-corrected chi connectivity index (χ2v) is 9.59. The number of benzene rings is 2. The van der Waals surface area contributed by atoms with Crippen LogP contribution in [0.2, 0.25) is 5.02 Å². The highest BCUT2D eigenvalue weighted by Gasteiger charge is 2.31. The lowest BCUT2D eigenvalue weighted by atomic mass is 9.85. The van der Waals surface area contributed by atoms with Gasteiger partial charge >= 0.3 is 0 Å². The van der Waals surface area contributed by atoms with Crippen LogP contribution < -0.4 is 4.74 Å². The molecule has 0 aliphatic heterocycles. The fourth-order valence-electron chi connectivity index (χ4n) is 3.87. The van der Waals surface area contributed by atoms with Gasteiger partial charge in [-0.15, -0.1) is 0 Å². The number of carbonyl (C=O) groups excluding carboxylic acids is 2. The molecule has 0 aliphatic rings. The van der Waals surface area contributed by atoms with Gasteiger partial charge in [-0.05, 0) is 48.4 Å². The Morgan fingerprint density at radius 2 is 1.64 bits per heavy atom. The SMILES string of the molecule is Cc1c(C(=O)C(C)(C)C)c2cc(OCc3ccccc3)ccn2c1C(=O)c1ccc(Cl)cc1. The Hall–Kier alpha value is -3.37. The van der Waals surface area contributed by atoms with Gasteiger partial charge in [0.2, 0.25) is 5.78 Å². The summed E-state index contributed by atoms with van der Waals surface area (Å²) in [7, 11) is 0. The van der Waals surface area contributed by atoms with E-state index in [0.717, 1.165) is 5.56 Å². The number of Topliss-reactive ketones (excluding diaryl/α,β-unsaturated/α-hetero) is 1. The standard InChI is InChI=1S/C28H26ClNO3/c1-18-24(27(32)28(2,3)4)23-16-22(33-17-19-8-6-5-7-9-19)14-15-30(23)25(18)26(31)20-10-12-21(29)13-11-20/h5-16H,17H2,1-4H3. The maximum Gasteiger partial charge on any atom is 0.210 e. The minimum Gasteiger partial charge on any atom is -0.489 e. The van der Waals surface area contributed by atoms with Crippen molar-refractivity contribution in [2.75, 3.05) is 0 Å². The van der Waals surface area contributed by atoms with Gasteiger partial charge in [-0.25, -0.2) is 0 Å². The summed E-state index contributed by atoms with van der Waals surface area (Å²) < 4.78 is 7.80. The number of ether oxygens (including phenoxy) is 1. The van der Waals surface area contributed by atoms with E-state index in [1.54, 1.807) is 34.9 Å². The lowest BCUT2D eigenvalue weighted by Gasteiger charge is -2.17. The van der Waals surface area contributed by atoms with E-state index >= 15 is 0 Å². The predicted octanol–water partition coefficient (Wildman–Crippen LogP) is 6.94. The van der Waals surface area contributed by atoms with E-state index in [1.165, 1.54) is 0 Å². The second kappa shape index (κ2) is 8.87. The quantitative estimate of drug-likeness (QED) is 0.293. The van der Waals surface area contributed by atoms with Crippen molar-refractivity contribution in [1.82, 2.24) is 4.40 Å². The van der Waals surface area contributed by atoms with Crippen molar-refractivity contribution in [2.24, 2.45) is 5.41 Å². The molecule has 5 heteroatoms. The molecule has 0 amide bonds. The molecule has 4 aromatic rings. The molecule has 0 spiro atoms. The minimum atomic E-state index is -0.603. The van der Waals surface area contributed by atoms with Crippen LogP contribution in [-0.2, 0) is 6.61 Å². The van der Waals surface area contributed by atoms with Gasteiger partial charge < -0.3 is 9.14 Å². The van der Waals surface area contributed by atoms with E-state index in [2.05, 4.69) is 0 Å². The number of aromatic nitrogens is 1. The third-order valence-corrected chi connectivity index (χ3v) is 5.88. The summed E-state index contributed by atoms with van der Waals surface area (Å²) in [6.45, 7) is 7.90. The normalized spacial score (nSPS) is 11.5. The molecule has 4 rings (SSSR count). The molecule has 0 saturated heterocycles. The first-order chi connectivity index (χ1) is 15.7. The zero-order valence-corrected chi connectivity index (χ0v) is 19.9. The van der Waals surface area contributed by atoms with Gasteiger partial charge in [-0.2, -0.15) is 0 Å². The number of carbonyl (C=O) groups is 2. The summed E-state index contributed by atoms with van der Waals surface area (Å²) in [5.74, 6) is 0.454. The molecule has 0 unspecified atom stereocenters. The topological polar surface area (TPSA) is 47.8 Å². The van der Waals surface area contributed by atoms with Crippen molar-refractivity contribution >= 4 is 28.7 Å². The van der Waals surface area contributed by atoms with Gasteiger partial charge in [0.25, 0.3) is 0 Å². The summed E-state index contributed by atoms with van der Waals surface area (Å²) in [5, 5.41) is 0.562. The average Bonchev–Trinajstić information content (AvgIpc) is 3.08. The number of nitrogens with zero attached hydrogens (tertiary/aromatic N) is 1. The maximum absolute atomic E-state index is 13.5. The number of hydrogen-bond donors (Lipinski definition) is 0. The fraction of sp³-hybridized carbons (Fsp3) is 0.214. The summed E-state index contributed by atoms with van der Waals surface area (Å²) in [5.41, 5.74) is 3.30. The molecular formula is C28H26ClNO3. The first-order valence-electron chi connectivity index (χ1n) is 10.8. The number of halogens is 1. The Labute approximate surface area is 198 Å². The zero-order valence-electron chi connectivity index (χ0n) is 19.2. The summed E-state index contributed by atoms with van der Waals surface area (Å²) in [4.78, 5) is 26.9. The van der Waals surface area contributed by atoms with E-state index in [-0.39, 0.29) is 11.6 Å². The molecule has 2 heterocycles. The van der Waals surface area contributed by atoms with Crippen LogP contribution in [0.15, 0.2) is 72.9 Å². The zero-order chi connectivity index (χ0) is 23.8. The van der Waals surface area contributed by atoms with Crippen molar-refractivity contribution in [2.45, 2.75) is 34.3 Å². The van der Waals surface area contributed by atoms with E-state index < -0.39 is 5.41 Å². The van der Waals surface area contributed by atoms with Crippen LogP contribution in [0.4, 0.5) is 0 Å². The van der Waals surface area contributed by atoms with Gasteiger partial charge in [-0.3, -0.25) is 9.59 Å². The predicted molar refractivity (Wildman–Crippen MR) is 132 cm³/mol. The van der Waals surface area contributed by atoms with Crippen molar-refractivity contribution in [3.63, 3.8) is 0 Å². The molecule has 0 fully saturated rings. The lowest BCUT2D eigenvalue weighted by Crippen LogP contribution is -2.21. The molecule has 2 aromatic heterocycles. The van der Waals surface area contributed by atoms with Crippen LogP contribution in [0.1, 0.15) is 58.3 Å². The highest BCUT2D eigenvalue weighted by Crippen LogP contribution is 2.33. The Bertz CT molecular complexity index is 1330. The summed E-state index contributed by atoms with van der Waals surface area (Å²) in [6, 6.07) is 20.3. The van der Waals surface area contributed by atoms with Gasteiger partial charge in [0.1, 0.15) is 12.4 Å². The summed E-state index contributed by atoms with van der Waals surface area (Å²) in [6.07, 6.45) is 1.80. The van der Waals surface area contributed by atoms with Crippen LogP contribution >= 0.6 is 11.6 Å². The van der Waals surface area contributed by atoms with E-state index in [4.69, 9.17) is 16.3 Å². The first-order valence-corrected chi connectivity index (χ1v) is 11.2. The highest BCUT2D eigenvalue weighted by atomic mass is 35.5.